The lowest BCUT2D eigenvalue weighted by molar-refractivity contribution is 0.0906. The van der Waals surface area contributed by atoms with Crippen LogP contribution in [0.3, 0.4) is 0 Å². The molecule has 0 saturated carbocycles. The maximum atomic E-state index is 11.3. The fourth-order valence-corrected chi connectivity index (χ4v) is 2.60. The van der Waals surface area contributed by atoms with E-state index in [1.165, 1.54) is 12.8 Å². The monoisotopic (exact) mass is 267 g/mol. The Balaban J connectivity index is 1.98. The smallest absolute Gasteiger partial charge is 0.300 e. The van der Waals surface area contributed by atoms with Gasteiger partial charge >= 0.3 is 5.91 Å². The van der Waals surface area contributed by atoms with Crippen molar-refractivity contribution in [2.75, 3.05) is 13.2 Å². The van der Waals surface area contributed by atoms with E-state index >= 15 is 0 Å². The predicted molar refractivity (Wildman–Crippen MR) is 70.1 cm³/mol. The average molecular weight is 267 g/mol. The van der Waals surface area contributed by atoms with Gasteiger partial charge in [-0.3, -0.25) is 15.1 Å². The number of likely N-dealkylation sites (tertiary alicyclic amines) is 1. The number of hydrazine groups is 1. The zero-order valence-corrected chi connectivity index (χ0v) is 11.0. The summed E-state index contributed by atoms with van der Waals surface area (Å²) in [6.07, 6.45) is 4.27. The summed E-state index contributed by atoms with van der Waals surface area (Å²) in [6.45, 7) is 1.88. The van der Waals surface area contributed by atoms with Crippen LogP contribution < -0.4 is 11.3 Å². The average Bonchev–Trinajstić information content (AvgIpc) is 2.89. The highest BCUT2D eigenvalue weighted by molar-refractivity contribution is 5.90. The van der Waals surface area contributed by atoms with Gasteiger partial charge in [-0.05, 0) is 37.9 Å². The van der Waals surface area contributed by atoms with Crippen LogP contribution in [-0.2, 0) is 6.54 Å². The van der Waals surface area contributed by atoms with Crippen molar-refractivity contribution in [1.29, 1.82) is 0 Å². The van der Waals surface area contributed by atoms with Crippen molar-refractivity contribution >= 4 is 5.91 Å². The van der Waals surface area contributed by atoms with Crippen LogP contribution in [0.2, 0.25) is 0 Å². The Morgan fingerprint density at radius 3 is 3.11 bits per heavy atom. The number of furan rings is 1. The van der Waals surface area contributed by atoms with E-state index in [2.05, 4.69) is 4.90 Å². The van der Waals surface area contributed by atoms with E-state index in [1.807, 2.05) is 5.43 Å². The first kappa shape index (κ1) is 14.0. The molecule has 19 heavy (non-hydrogen) atoms. The molecule has 2 heterocycles. The first-order chi connectivity index (χ1) is 9.24. The first-order valence-electron chi connectivity index (χ1n) is 6.69. The van der Waals surface area contributed by atoms with Crippen molar-refractivity contribution in [3.8, 4) is 0 Å². The summed E-state index contributed by atoms with van der Waals surface area (Å²) in [5.74, 6) is 5.62. The minimum Gasteiger partial charge on any atom is -0.455 e. The summed E-state index contributed by atoms with van der Waals surface area (Å²) >= 11 is 0. The lowest BCUT2D eigenvalue weighted by Crippen LogP contribution is -2.39. The third-order valence-electron chi connectivity index (χ3n) is 3.59. The molecule has 1 aromatic rings. The largest absolute Gasteiger partial charge is 0.455 e. The van der Waals surface area contributed by atoms with Crippen LogP contribution >= 0.6 is 0 Å². The standard InChI is InChI=1S/C13H21N3O3/c14-15-13(18)12-5-4-11(19-12)9-16-7-2-1-3-10(16)6-8-17/h4-5,10,17H,1-3,6-9,14H2,(H,15,18). The lowest BCUT2D eigenvalue weighted by Gasteiger charge is -2.34. The number of nitrogens with two attached hydrogens (primary N) is 1. The molecule has 1 aliphatic rings. The molecule has 1 fully saturated rings. The topological polar surface area (TPSA) is 91.7 Å². The van der Waals surface area contributed by atoms with Crippen LogP contribution in [0.1, 0.15) is 42.0 Å². The van der Waals surface area contributed by atoms with Crippen molar-refractivity contribution in [3.05, 3.63) is 23.7 Å². The van der Waals surface area contributed by atoms with Crippen LogP contribution in [0, 0.1) is 0 Å². The van der Waals surface area contributed by atoms with E-state index in [1.54, 1.807) is 12.1 Å². The van der Waals surface area contributed by atoms with Crippen LogP contribution in [0.5, 0.6) is 0 Å². The zero-order chi connectivity index (χ0) is 13.7. The van der Waals surface area contributed by atoms with Gasteiger partial charge in [0.1, 0.15) is 5.76 Å². The van der Waals surface area contributed by atoms with Gasteiger partial charge in [0.25, 0.3) is 0 Å². The Bertz CT molecular complexity index is 417. The maximum Gasteiger partial charge on any atom is 0.300 e. The number of rotatable bonds is 5. The molecular weight excluding hydrogens is 246 g/mol. The van der Waals surface area contributed by atoms with Crippen LogP contribution in [0.15, 0.2) is 16.5 Å². The number of carbonyl (C=O) groups excluding carboxylic acids is 1. The van der Waals surface area contributed by atoms with E-state index in [4.69, 9.17) is 15.4 Å². The number of carbonyl (C=O) groups is 1. The minimum absolute atomic E-state index is 0.208. The van der Waals surface area contributed by atoms with Gasteiger partial charge in [0.2, 0.25) is 0 Å². The Hall–Kier alpha value is -1.37. The SMILES string of the molecule is NNC(=O)c1ccc(CN2CCCCC2CCO)o1. The summed E-state index contributed by atoms with van der Waals surface area (Å²) in [6, 6.07) is 3.83. The molecular formula is C13H21N3O3. The molecule has 106 valence electrons. The number of hydrogen-bond donors (Lipinski definition) is 3. The van der Waals surface area contributed by atoms with Crippen LogP contribution in [0.25, 0.3) is 0 Å². The molecule has 6 nitrogen and oxygen atoms in total. The molecule has 1 atom stereocenters. The van der Waals surface area contributed by atoms with E-state index in [-0.39, 0.29) is 12.4 Å². The highest BCUT2D eigenvalue weighted by atomic mass is 16.4. The van der Waals surface area contributed by atoms with Crippen LogP contribution in [0.4, 0.5) is 0 Å². The number of nitrogen functional groups attached to an aromatic ring is 1. The first-order valence-corrected chi connectivity index (χ1v) is 6.69. The second-order valence-corrected chi connectivity index (χ2v) is 4.87. The summed E-state index contributed by atoms with van der Waals surface area (Å²) in [5.41, 5.74) is 2.05. The highest BCUT2D eigenvalue weighted by Crippen LogP contribution is 2.22. The molecule has 0 aromatic carbocycles. The minimum atomic E-state index is -0.420. The van der Waals surface area contributed by atoms with Crippen molar-refractivity contribution in [3.63, 3.8) is 0 Å². The molecule has 1 amide bonds. The van der Waals surface area contributed by atoms with Gasteiger partial charge in [-0.2, -0.15) is 0 Å². The Morgan fingerprint density at radius 2 is 2.37 bits per heavy atom. The number of nitrogens with one attached hydrogen (secondary N) is 1. The molecule has 4 N–H and O–H groups in total. The second kappa shape index (κ2) is 6.70. The molecule has 6 heteroatoms. The van der Waals surface area contributed by atoms with Gasteiger partial charge < -0.3 is 9.52 Å². The molecule has 0 bridgehead atoms. The van der Waals surface area contributed by atoms with Crippen molar-refractivity contribution < 1.29 is 14.3 Å². The Morgan fingerprint density at radius 1 is 1.53 bits per heavy atom. The number of aliphatic hydroxyl groups is 1. The highest BCUT2D eigenvalue weighted by Gasteiger charge is 2.23. The predicted octanol–water partition coefficient (Wildman–Crippen LogP) is 0.620. The van der Waals surface area contributed by atoms with E-state index in [0.29, 0.717) is 12.6 Å². The molecule has 0 aliphatic carbocycles. The quantitative estimate of drug-likeness (QED) is 0.413. The number of nitrogens with zero attached hydrogens (tertiary/aromatic N) is 1. The summed E-state index contributed by atoms with van der Waals surface area (Å²) in [7, 11) is 0. The maximum absolute atomic E-state index is 11.3. The molecule has 0 radical (unpaired) electrons. The molecule has 1 aliphatic heterocycles. The fourth-order valence-electron chi connectivity index (χ4n) is 2.60. The Kier molecular flexibility index (Phi) is 4.95. The van der Waals surface area contributed by atoms with Crippen molar-refractivity contribution in [2.45, 2.75) is 38.3 Å². The van der Waals surface area contributed by atoms with E-state index in [9.17, 15) is 4.79 Å². The lowest BCUT2D eigenvalue weighted by atomic mass is 9.99. The second-order valence-electron chi connectivity index (χ2n) is 4.87. The fraction of sp³-hybridized carbons (Fsp3) is 0.615. The van der Waals surface area contributed by atoms with Gasteiger partial charge in [0, 0.05) is 12.6 Å². The third kappa shape index (κ3) is 3.56. The van der Waals surface area contributed by atoms with Gasteiger partial charge in [-0.25, -0.2) is 5.84 Å². The summed E-state index contributed by atoms with van der Waals surface area (Å²) < 4.78 is 5.47. The summed E-state index contributed by atoms with van der Waals surface area (Å²) in [4.78, 5) is 13.6. The molecule has 1 saturated heterocycles. The normalized spacial score (nSPS) is 20.4. The van der Waals surface area contributed by atoms with Crippen molar-refractivity contribution in [1.82, 2.24) is 10.3 Å². The van der Waals surface area contributed by atoms with Gasteiger partial charge in [-0.15, -0.1) is 0 Å². The van der Waals surface area contributed by atoms with Gasteiger partial charge in [0.05, 0.1) is 6.54 Å². The van der Waals surface area contributed by atoms with Gasteiger partial charge in [-0.1, -0.05) is 6.42 Å². The third-order valence-corrected chi connectivity index (χ3v) is 3.59. The Labute approximate surface area is 112 Å². The number of amides is 1. The number of hydrogen-bond acceptors (Lipinski definition) is 5. The molecule has 1 unspecified atom stereocenters. The van der Waals surface area contributed by atoms with Crippen molar-refractivity contribution in [2.24, 2.45) is 5.84 Å². The summed E-state index contributed by atoms with van der Waals surface area (Å²) in [5, 5.41) is 9.09. The molecule has 1 aromatic heterocycles. The number of aliphatic hydroxyl groups excluding tert-OH is 1. The van der Waals surface area contributed by atoms with Gasteiger partial charge in [0.15, 0.2) is 5.76 Å². The van der Waals surface area contributed by atoms with E-state index in [0.717, 1.165) is 25.1 Å². The number of piperidine rings is 1. The zero-order valence-electron chi connectivity index (χ0n) is 11.0. The van der Waals surface area contributed by atoms with E-state index < -0.39 is 5.91 Å². The van der Waals surface area contributed by atoms with Crippen LogP contribution in [-0.4, -0.2) is 35.1 Å². The molecule has 0 spiro atoms. The molecule has 2 rings (SSSR count).